The number of methoxy groups -OCH3 is 2. The van der Waals surface area contributed by atoms with Crippen LogP contribution in [0.4, 0.5) is 0 Å². The van der Waals surface area contributed by atoms with Crippen molar-refractivity contribution in [2.75, 3.05) is 14.2 Å². The molecule has 0 atom stereocenters. The molecule has 6 nitrogen and oxygen atoms in total. The van der Waals surface area contributed by atoms with Crippen molar-refractivity contribution in [3.8, 4) is 78.8 Å². The molecule has 0 bridgehead atoms. The number of pyridine rings is 4. The molecule has 11 aromatic rings. The second-order valence-electron chi connectivity index (χ2n) is 15.3. The average Bonchev–Trinajstić information content (AvgIpc) is 3.35. The lowest BCUT2D eigenvalue weighted by Crippen LogP contribution is -1.96. The van der Waals surface area contributed by atoms with Gasteiger partial charge in [0.2, 0.25) is 11.8 Å². The summed E-state index contributed by atoms with van der Waals surface area (Å²) in [7, 11) is 3.32. The lowest BCUT2D eigenvalue weighted by molar-refractivity contribution is 0.399. The molecule has 0 fully saturated rings. The third kappa shape index (κ3) is 6.46. The Kier molecular flexibility index (Phi) is 9.16. The minimum atomic E-state index is 0.539. The number of fused-ring (bicyclic) bond motifs is 6. The van der Waals surface area contributed by atoms with Crippen LogP contribution in [0, 0.1) is 0 Å². The summed E-state index contributed by atoms with van der Waals surface area (Å²) in [5.74, 6) is 1.08. The fraction of sp³-hybridized carbons (Fsp3) is 0.0357. The van der Waals surface area contributed by atoms with Crippen molar-refractivity contribution in [1.29, 1.82) is 0 Å². The molecule has 0 aliphatic rings. The highest BCUT2D eigenvalue weighted by Crippen LogP contribution is 2.41. The molecule has 0 unspecified atom stereocenters. The first kappa shape index (κ1) is 36.8. The molecule has 6 heteroatoms. The predicted molar refractivity (Wildman–Crippen MR) is 253 cm³/mol. The van der Waals surface area contributed by atoms with Crippen LogP contribution < -0.4 is 9.47 Å². The highest BCUT2D eigenvalue weighted by atomic mass is 16.5. The quantitative estimate of drug-likeness (QED) is 0.143. The van der Waals surface area contributed by atoms with Gasteiger partial charge in [-0.25, -0.2) is 19.9 Å². The van der Waals surface area contributed by atoms with E-state index >= 15 is 0 Å². The third-order valence-electron chi connectivity index (χ3n) is 11.7. The smallest absolute Gasteiger partial charge is 0.214 e. The second kappa shape index (κ2) is 15.4. The highest BCUT2D eigenvalue weighted by Gasteiger charge is 2.19. The van der Waals surface area contributed by atoms with E-state index < -0.39 is 0 Å². The second-order valence-corrected chi connectivity index (χ2v) is 15.3. The molecule has 4 aromatic heterocycles. The lowest BCUT2D eigenvalue weighted by atomic mass is 9.94. The monoisotopic (exact) mass is 798 g/mol. The van der Waals surface area contributed by atoms with E-state index in [1.54, 1.807) is 14.2 Å². The molecule has 294 valence electrons. The summed E-state index contributed by atoms with van der Waals surface area (Å²) in [6, 6.07) is 67.3. The van der Waals surface area contributed by atoms with Crippen molar-refractivity contribution in [1.82, 2.24) is 19.9 Å². The molecule has 62 heavy (non-hydrogen) atoms. The average molecular weight is 799 g/mol. The molecule has 4 heterocycles. The fourth-order valence-corrected chi connectivity index (χ4v) is 8.65. The molecule has 0 saturated heterocycles. The number of hydrogen-bond acceptors (Lipinski definition) is 6. The van der Waals surface area contributed by atoms with Gasteiger partial charge in [-0.15, -0.1) is 0 Å². The van der Waals surface area contributed by atoms with Gasteiger partial charge in [0.1, 0.15) is 11.0 Å². The zero-order valence-electron chi connectivity index (χ0n) is 34.1. The number of benzene rings is 7. The standard InChI is InChI=1S/C56H38N4O2/c1-61-51-33-47(37-19-11-5-12-20-37)43-29-27-41-45(35-15-7-3-8-16-35)31-49(57-53(41)55(43)59-51)39-23-25-40(26-24-39)50-32-46(36-17-9-4-10-18-36)42-28-30-44-48(38-21-13-6-14-22-38)34-52(62-2)60-56(44)54(42)58-50/h3-34H,1-2H3. The van der Waals surface area contributed by atoms with Gasteiger partial charge in [-0.3, -0.25) is 0 Å². The first-order chi connectivity index (χ1) is 30.6. The molecule has 0 N–H and O–H groups in total. The molecular weight excluding hydrogens is 761 g/mol. The van der Waals surface area contributed by atoms with Gasteiger partial charge in [0.25, 0.3) is 0 Å². The zero-order chi connectivity index (χ0) is 41.6. The van der Waals surface area contributed by atoms with Crippen LogP contribution in [0.25, 0.3) is 111 Å². The van der Waals surface area contributed by atoms with Gasteiger partial charge < -0.3 is 9.47 Å². The van der Waals surface area contributed by atoms with Crippen LogP contribution in [-0.2, 0) is 0 Å². The van der Waals surface area contributed by atoms with Crippen LogP contribution in [0.3, 0.4) is 0 Å². The Morgan fingerprint density at radius 1 is 0.274 bits per heavy atom. The van der Waals surface area contributed by atoms with Crippen LogP contribution >= 0.6 is 0 Å². The van der Waals surface area contributed by atoms with Crippen molar-refractivity contribution in [3.05, 3.63) is 194 Å². The summed E-state index contributed by atoms with van der Waals surface area (Å²) in [5.41, 5.74) is 15.5. The van der Waals surface area contributed by atoms with E-state index in [0.29, 0.717) is 11.8 Å². The van der Waals surface area contributed by atoms with Gasteiger partial charge in [-0.05, 0) is 56.6 Å². The van der Waals surface area contributed by atoms with Crippen LogP contribution in [-0.4, -0.2) is 34.2 Å². The number of ether oxygens (including phenoxy) is 2. The molecule has 0 aliphatic heterocycles. The molecule has 0 saturated carbocycles. The predicted octanol–water partition coefficient (Wildman–Crippen LogP) is 13.9. The summed E-state index contributed by atoms with van der Waals surface area (Å²) in [5, 5.41) is 4.06. The summed E-state index contributed by atoms with van der Waals surface area (Å²) in [6.45, 7) is 0. The largest absolute Gasteiger partial charge is 0.481 e. The van der Waals surface area contributed by atoms with E-state index in [-0.39, 0.29) is 0 Å². The Morgan fingerprint density at radius 3 is 0.839 bits per heavy atom. The first-order valence-electron chi connectivity index (χ1n) is 20.6. The molecule has 0 amide bonds. The Hall–Kier alpha value is -8.22. The van der Waals surface area contributed by atoms with E-state index in [1.807, 2.05) is 36.4 Å². The van der Waals surface area contributed by atoms with Gasteiger partial charge >= 0.3 is 0 Å². The normalized spacial score (nSPS) is 11.4. The number of aromatic nitrogens is 4. The number of rotatable bonds is 8. The van der Waals surface area contributed by atoms with Gasteiger partial charge in [0, 0.05) is 44.8 Å². The maximum atomic E-state index is 5.79. The topological polar surface area (TPSA) is 70.0 Å². The SMILES string of the molecule is COc1cc(-c2ccccc2)c2ccc3c(-c4ccccc4)cc(-c4ccc(-c5cc(-c6ccccc6)c6ccc7c(-c8ccccc8)cc(OC)nc7c6n5)cc4)nc3c2n1. The summed E-state index contributed by atoms with van der Waals surface area (Å²) >= 11 is 0. The van der Waals surface area contributed by atoms with Crippen LogP contribution in [0.1, 0.15) is 0 Å². The summed E-state index contributed by atoms with van der Waals surface area (Å²) < 4.78 is 11.6. The molecule has 7 aromatic carbocycles. The molecule has 0 spiro atoms. The van der Waals surface area contributed by atoms with Crippen LogP contribution in [0.2, 0.25) is 0 Å². The van der Waals surface area contributed by atoms with E-state index in [0.717, 1.165) is 111 Å². The number of nitrogens with zero attached hydrogens (tertiary/aromatic N) is 4. The first-order valence-corrected chi connectivity index (χ1v) is 20.6. The van der Waals surface area contributed by atoms with Crippen LogP contribution in [0.5, 0.6) is 11.8 Å². The van der Waals surface area contributed by atoms with Crippen molar-refractivity contribution in [2.24, 2.45) is 0 Å². The Bertz CT molecular complexity index is 3220. The minimum Gasteiger partial charge on any atom is -0.481 e. The summed E-state index contributed by atoms with van der Waals surface area (Å²) in [4.78, 5) is 20.9. The molecule has 11 rings (SSSR count). The highest BCUT2D eigenvalue weighted by molar-refractivity contribution is 6.14. The fourth-order valence-electron chi connectivity index (χ4n) is 8.65. The lowest BCUT2D eigenvalue weighted by Gasteiger charge is -2.16. The van der Waals surface area contributed by atoms with Gasteiger partial charge in [0.15, 0.2) is 0 Å². The van der Waals surface area contributed by atoms with Gasteiger partial charge in [-0.2, -0.15) is 0 Å². The van der Waals surface area contributed by atoms with Gasteiger partial charge in [-0.1, -0.05) is 170 Å². The Morgan fingerprint density at radius 2 is 0.548 bits per heavy atom. The summed E-state index contributed by atoms with van der Waals surface area (Å²) in [6.07, 6.45) is 0. The van der Waals surface area contributed by atoms with Gasteiger partial charge in [0.05, 0.1) is 36.6 Å². The van der Waals surface area contributed by atoms with E-state index in [9.17, 15) is 0 Å². The van der Waals surface area contributed by atoms with Crippen molar-refractivity contribution in [2.45, 2.75) is 0 Å². The van der Waals surface area contributed by atoms with Crippen molar-refractivity contribution in [3.63, 3.8) is 0 Å². The van der Waals surface area contributed by atoms with E-state index in [2.05, 4.69) is 158 Å². The molecule has 0 aliphatic carbocycles. The number of hydrogen-bond donors (Lipinski definition) is 0. The zero-order valence-corrected chi connectivity index (χ0v) is 34.1. The third-order valence-corrected chi connectivity index (χ3v) is 11.7. The molecule has 0 radical (unpaired) electrons. The van der Waals surface area contributed by atoms with E-state index in [4.69, 9.17) is 29.4 Å². The Balaban J connectivity index is 1.10. The van der Waals surface area contributed by atoms with Crippen LogP contribution in [0.15, 0.2) is 194 Å². The maximum Gasteiger partial charge on any atom is 0.214 e. The maximum absolute atomic E-state index is 5.79. The van der Waals surface area contributed by atoms with E-state index in [1.165, 1.54) is 0 Å². The van der Waals surface area contributed by atoms with Crippen molar-refractivity contribution < 1.29 is 9.47 Å². The Labute approximate surface area is 358 Å². The minimum absolute atomic E-state index is 0.539. The van der Waals surface area contributed by atoms with Crippen molar-refractivity contribution >= 4 is 43.6 Å². The molecular formula is C56H38N4O2.